The highest BCUT2D eigenvalue weighted by atomic mass is 16.5. The molecule has 0 radical (unpaired) electrons. The molecule has 0 fully saturated rings. The van der Waals surface area contributed by atoms with Gasteiger partial charge in [0.1, 0.15) is 0 Å². The fraction of sp³-hybridized carbons (Fsp3) is 0.364. The van der Waals surface area contributed by atoms with Gasteiger partial charge >= 0.3 is 5.97 Å². The Hall–Kier alpha value is -1.51. The molecular formula is C11H14O3. The van der Waals surface area contributed by atoms with Gasteiger partial charge in [0, 0.05) is 0 Å². The van der Waals surface area contributed by atoms with Crippen molar-refractivity contribution in [2.24, 2.45) is 5.41 Å². The fourth-order valence-corrected chi connectivity index (χ4v) is 0.796. The van der Waals surface area contributed by atoms with Crippen LogP contribution in [0.3, 0.4) is 0 Å². The summed E-state index contributed by atoms with van der Waals surface area (Å²) < 4.78 is 5.02. The van der Waals surface area contributed by atoms with E-state index in [0.717, 1.165) is 0 Å². The van der Waals surface area contributed by atoms with Crippen molar-refractivity contribution in [2.45, 2.75) is 20.8 Å². The summed E-state index contributed by atoms with van der Waals surface area (Å²) in [5.74, 6) is -0.184. The van der Waals surface area contributed by atoms with Gasteiger partial charge in [-0.15, -0.1) is 0 Å². The molecule has 0 aliphatic rings. The normalized spacial score (nSPS) is 11.1. The molecular weight excluding hydrogens is 180 g/mol. The summed E-state index contributed by atoms with van der Waals surface area (Å²) in [6.45, 7) is 5.28. The van der Waals surface area contributed by atoms with E-state index in [1.807, 2.05) is 0 Å². The summed E-state index contributed by atoms with van der Waals surface area (Å²) in [4.78, 5) is 11.5. The number of phenols is 1. The standard InChI is InChI=1S/C11H14O3/c1-11(2,3)10(13)14-9-7-5-4-6-8(9)12/h4-7,12H,1-3H3. The minimum Gasteiger partial charge on any atom is -0.504 e. The van der Waals surface area contributed by atoms with Crippen LogP contribution in [0.25, 0.3) is 0 Å². The van der Waals surface area contributed by atoms with Crippen LogP contribution in [0.4, 0.5) is 0 Å². The van der Waals surface area contributed by atoms with E-state index in [1.165, 1.54) is 6.07 Å². The van der Waals surface area contributed by atoms with Gasteiger partial charge in [0.05, 0.1) is 5.41 Å². The van der Waals surface area contributed by atoms with Crippen LogP contribution in [0, 0.1) is 5.41 Å². The second-order valence-corrected chi connectivity index (χ2v) is 4.11. The maximum atomic E-state index is 11.5. The number of carbonyl (C=O) groups excluding carboxylic acids is 1. The average Bonchev–Trinajstić information content (AvgIpc) is 2.07. The Bertz CT molecular complexity index is 337. The van der Waals surface area contributed by atoms with Crippen molar-refractivity contribution in [1.29, 1.82) is 0 Å². The molecule has 0 aliphatic carbocycles. The number of phenolic OH excluding ortho intramolecular Hbond substituents is 1. The molecule has 3 nitrogen and oxygen atoms in total. The van der Waals surface area contributed by atoms with Crippen LogP contribution < -0.4 is 4.74 Å². The first kappa shape index (κ1) is 10.6. The Morgan fingerprint density at radius 1 is 1.29 bits per heavy atom. The molecule has 1 N–H and O–H groups in total. The number of esters is 1. The molecule has 3 heteroatoms. The monoisotopic (exact) mass is 194 g/mol. The van der Waals surface area contributed by atoms with Crippen molar-refractivity contribution < 1.29 is 14.6 Å². The lowest BCUT2D eigenvalue weighted by molar-refractivity contribution is -0.143. The van der Waals surface area contributed by atoms with E-state index in [1.54, 1.807) is 39.0 Å². The second kappa shape index (κ2) is 3.70. The molecule has 0 heterocycles. The van der Waals surface area contributed by atoms with Gasteiger partial charge in [0.15, 0.2) is 11.5 Å². The van der Waals surface area contributed by atoms with E-state index in [4.69, 9.17) is 4.74 Å². The van der Waals surface area contributed by atoms with Crippen molar-refractivity contribution in [3.63, 3.8) is 0 Å². The molecule has 1 aromatic rings. The van der Waals surface area contributed by atoms with Gasteiger partial charge in [-0.25, -0.2) is 0 Å². The van der Waals surface area contributed by atoms with Crippen LogP contribution in [0.5, 0.6) is 11.5 Å². The number of ether oxygens (including phenoxy) is 1. The topological polar surface area (TPSA) is 46.5 Å². The number of aromatic hydroxyl groups is 1. The Labute approximate surface area is 83.3 Å². The van der Waals surface area contributed by atoms with Gasteiger partial charge < -0.3 is 9.84 Å². The van der Waals surface area contributed by atoms with Gasteiger partial charge in [-0.05, 0) is 32.9 Å². The molecule has 0 amide bonds. The lowest BCUT2D eigenvalue weighted by Gasteiger charge is -2.16. The predicted molar refractivity (Wildman–Crippen MR) is 53.2 cm³/mol. The molecule has 76 valence electrons. The van der Waals surface area contributed by atoms with E-state index in [-0.39, 0.29) is 17.5 Å². The Morgan fingerprint density at radius 3 is 2.36 bits per heavy atom. The van der Waals surface area contributed by atoms with Crippen LogP contribution in [0.2, 0.25) is 0 Å². The third-order valence-electron chi connectivity index (χ3n) is 1.68. The zero-order valence-corrected chi connectivity index (χ0v) is 8.57. The summed E-state index contributed by atoms with van der Waals surface area (Å²) >= 11 is 0. The number of para-hydroxylation sites is 2. The molecule has 1 aromatic carbocycles. The summed E-state index contributed by atoms with van der Waals surface area (Å²) in [5.41, 5.74) is -0.567. The maximum absolute atomic E-state index is 11.5. The van der Waals surface area contributed by atoms with Gasteiger partial charge in [-0.2, -0.15) is 0 Å². The molecule has 0 saturated heterocycles. The lowest BCUT2D eigenvalue weighted by atomic mass is 9.97. The van der Waals surface area contributed by atoms with E-state index in [9.17, 15) is 9.90 Å². The highest BCUT2D eigenvalue weighted by molar-refractivity contribution is 5.78. The average molecular weight is 194 g/mol. The van der Waals surface area contributed by atoms with Crippen LogP contribution in [0.15, 0.2) is 24.3 Å². The minimum atomic E-state index is -0.567. The number of hydrogen-bond acceptors (Lipinski definition) is 3. The first-order valence-corrected chi connectivity index (χ1v) is 4.41. The Morgan fingerprint density at radius 2 is 1.86 bits per heavy atom. The molecule has 1 rings (SSSR count). The first-order chi connectivity index (χ1) is 6.41. The fourth-order valence-electron chi connectivity index (χ4n) is 0.796. The van der Waals surface area contributed by atoms with E-state index in [2.05, 4.69) is 0 Å². The van der Waals surface area contributed by atoms with E-state index < -0.39 is 5.41 Å². The number of hydrogen-bond donors (Lipinski definition) is 1. The Balaban J connectivity index is 2.80. The third-order valence-corrected chi connectivity index (χ3v) is 1.68. The van der Waals surface area contributed by atoms with Crippen molar-refractivity contribution in [1.82, 2.24) is 0 Å². The summed E-state index contributed by atoms with van der Waals surface area (Å²) in [6, 6.07) is 6.40. The molecule has 0 bridgehead atoms. The van der Waals surface area contributed by atoms with E-state index in [0.29, 0.717) is 0 Å². The molecule has 0 aliphatic heterocycles. The van der Waals surface area contributed by atoms with Crippen molar-refractivity contribution in [3.05, 3.63) is 24.3 Å². The quantitative estimate of drug-likeness (QED) is 0.551. The van der Waals surface area contributed by atoms with Gasteiger partial charge in [0.25, 0.3) is 0 Å². The van der Waals surface area contributed by atoms with Gasteiger partial charge in [0.2, 0.25) is 0 Å². The number of carbonyl (C=O) groups is 1. The lowest BCUT2D eigenvalue weighted by Crippen LogP contribution is -2.25. The summed E-state index contributed by atoms with van der Waals surface area (Å²) in [7, 11) is 0. The van der Waals surface area contributed by atoms with Crippen LogP contribution in [0.1, 0.15) is 20.8 Å². The van der Waals surface area contributed by atoms with Crippen molar-refractivity contribution in [3.8, 4) is 11.5 Å². The van der Waals surface area contributed by atoms with Crippen molar-refractivity contribution >= 4 is 5.97 Å². The van der Waals surface area contributed by atoms with Gasteiger partial charge in [-0.1, -0.05) is 12.1 Å². The molecule has 0 aromatic heterocycles. The Kier molecular flexibility index (Phi) is 2.79. The zero-order chi connectivity index (χ0) is 10.8. The number of benzene rings is 1. The van der Waals surface area contributed by atoms with Crippen LogP contribution >= 0.6 is 0 Å². The SMILES string of the molecule is CC(C)(C)C(=O)Oc1ccccc1O. The summed E-state index contributed by atoms with van der Waals surface area (Å²) in [5, 5.41) is 9.35. The zero-order valence-electron chi connectivity index (χ0n) is 8.57. The highest BCUT2D eigenvalue weighted by Gasteiger charge is 2.24. The molecule has 14 heavy (non-hydrogen) atoms. The highest BCUT2D eigenvalue weighted by Crippen LogP contribution is 2.27. The molecule has 0 saturated carbocycles. The molecule has 0 atom stereocenters. The third kappa shape index (κ3) is 2.49. The number of rotatable bonds is 1. The largest absolute Gasteiger partial charge is 0.504 e. The maximum Gasteiger partial charge on any atom is 0.316 e. The molecule has 0 unspecified atom stereocenters. The van der Waals surface area contributed by atoms with Crippen molar-refractivity contribution in [2.75, 3.05) is 0 Å². The van der Waals surface area contributed by atoms with E-state index >= 15 is 0 Å². The molecule has 0 spiro atoms. The summed E-state index contributed by atoms with van der Waals surface area (Å²) in [6.07, 6.45) is 0. The van der Waals surface area contributed by atoms with Crippen LogP contribution in [-0.2, 0) is 4.79 Å². The second-order valence-electron chi connectivity index (χ2n) is 4.11. The van der Waals surface area contributed by atoms with Gasteiger partial charge in [-0.3, -0.25) is 4.79 Å². The first-order valence-electron chi connectivity index (χ1n) is 4.41. The minimum absolute atomic E-state index is 0.0231. The predicted octanol–water partition coefficient (Wildman–Crippen LogP) is 2.34. The van der Waals surface area contributed by atoms with Crippen LogP contribution in [-0.4, -0.2) is 11.1 Å². The smallest absolute Gasteiger partial charge is 0.316 e.